The lowest BCUT2D eigenvalue weighted by atomic mass is 10.0. The number of hydrogen-bond donors (Lipinski definition) is 0. The molecule has 0 radical (unpaired) electrons. The summed E-state index contributed by atoms with van der Waals surface area (Å²) in [5, 5.41) is 0. The number of carbonyl (C=O) groups excluding carboxylic acids is 3. The summed E-state index contributed by atoms with van der Waals surface area (Å²) in [6.07, 6.45) is 84.8. The maximum absolute atomic E-state index is 12.9. The lowest BCUT2D eigenvalue weighted by Gasteiger charge is -2.18. The molecule has 0 N–H and O–H groups in total. The van der Waals surface area contributed by atoms with Gasteiger partial charge in [0.1, 0.15) is 13.2 Å². The zero-order valence-electron chi connectivity index (χ0n) is 53.4. The Kier molecular flexibility index (Phi) is 66.1. The van der Waals surface area contributed by atoms with Gasteiger partial charge in [-0.3, -0.25) is 14.4 Å². The second kappa shape index (κ2) is 68.1. The first-order valence-electron chi connectivity index (χ1n) is 35.5. The van der Waals surface area contributed by atoms with Crippen molar-refractivity contribution in [1.29, 1.82) is 0 Å². The molecule has 0 rings (SSSR count). The Morgan fingerprint density at radius 2 is 0.456 bits per heavy atom. The topological polar surface area (TPSA) is 78.9 Å². The van der Waals surface area contributed by atoms with E-state index in [0.717, 1.165) is 89.9 Å². The molecule has 0 heterocycles. The Morgan fingerprint density at radius 1 is 0.253 bits per heavy atom. The van der Waals surface area contributed by atoms with Gasteiger partial charge in [-0.2, -0.15) is 0 Å². The number of carbonyl (C=O) groups is 3. The summed E-state index contributed by atoms with van der Waals surface area (Å²) in [4.78, 5) is 38.3. The van der Waals surface area contributed by atoms with Crippen LogP contribution in [0, 0.1) is 0 Å². The maximum atomic E-state index is 12.9. The average Bonchev–Trinajstić information content (AvgIpc) is 3.45. The van der Waals surface area contributed by atoms with Crippen LogP contribution in [-0.2, 0) is 28.6 Å². The molecule has 6 heteroatoms. The molecule has 0 amide bonds. The first-order valence-corrected chi connectivity index (χ1v) is 35.5. The van der Waals surface area contributed by atoms with Gasteiger partial charge in [0.25, 0.3) is 0 Å². The predicted molar refractivity (Wildman–Crippen MR) is 344 cm³/mol. The minimum absolute atomic E-state index is 0.0764. The van der Waals surface area contributed by atoms with E-state index in [-0.39, 0.29) is 31.1 Å². The number of esters is 3. The van der Waals surface area contributed by atoms with E-state index in [1.807, 2.05) is 0 Å². The van der Waals surface area contributed by atoms with Crippen LogP contribution < -0.4 is 0 Å². The molecule has 0 bridgehead atoms. The number of allylic oxidation sites excluding steroid dienone is 6. The van der Waals surface area contributed by atoms with E-state index >= 15 is 0 Å². The highest BCUT2D eigenvalue weighted by molar-refractivity contribution is 5.71. The summed E-state index contributed by atoms with van der Waals surface area (Å²) in [6, 6.07) is 0. The summed E-state index contributed by atoms with van der Waals surface area (Å²) in [5.74, 6) is -0.874. The third kappa shape index (κ3) is 66.3. The average molecular weight is 1110 g/mol. The van der Waals surface area contributed by atoms with Gasteiger partial charge in [0.2, 0.25) is 0 Å². The third-order valence-electron chi connectivity index (χ3n) is 16.1. The highest BCUT2D eigenvalue weighted by Crippen LogP contribution is 2.19. The van der Waals surface area contributed by atoms with E-state index in [1.54, 1.807) is 0 Å². The van der Waals surface area contributed by atoms with Gasteiger partial charge in [0.05, 0.1) is 0 Å². The zero-order chi connectivity index (χ0) is 57.1. The Hall–Kier alpha value is -2.37. The van der Waals surface area contributed by atoms with Crippen LogP contribution in [0.15, 0.2) is 36.5 Å². The van der Waals surface area contributed by atoms with Crippen molar-refractivity contribution in [3.05, 3.63) is 36.5 Å². The fraction of sp³-hybridized carbons (Fsp3) is 0.877. The first-order chi connectivity index (χ1) is 39.0. The Morgan fingerprint density at radius 3 is 0.722 bits per heavy atom. The standard InChI is InChI=1S/C73H136O6/c1-4-7-10-13-16-19-22-25-28-30-31-32-33-34-35-36-37-38-39-40-41-42-43-44-46-48-51-54-57-60-63-66-72(75)78-69-70(68-77-71(74)65-62-59-56-53-50-47-27-24-21-18-15-12-9-6-3)79-73(76)67-64-61-58-55-52-49-45-29-26-23-20-17-14-11-8-5-2/h20,23-24,27,29,45,70H,4-19,21-22,25-26,28,30-44,46-69H2,1-3H3/b23-20-,27-24-,45-29-. The lowest BCUT2D eigenvalue weighted by molar-refractivity contribution is -0.167. The van der Waals surface area contributed by atoms with Gasteiger partial charge >= 0.3 is 17.9 Å². The molecule has 464 valence electrons. The molecule has 0 aliphatic heterocycles. The number of hydrogen-bond acceptors (Lipinski definition) is 6. The fourth-order valence-corrected chi connectivity index (χ4v) is 10.8. The summed E-state index contributed by atoms with van der Waals surface area (Å²) >= 11 is 0. The van der Waals surface area contributed by atoms with Crippen molar-refractivity contribution in [2.45, 2.75) is 399 Å². The molecular formula is C73H136O6. The second-order valence-corrected chi connectivity index (χ2v) is 24.1. The highest BCUT2D eigenvalue weighted by atomic mass is 16.6. The van der Waals surface area contributed by atoms with Crippen LogP contribution in [0.4, 0.5) is 0 Å². The smallest absolute Gasteiger partial charge is 0.306 e. The van der Waals surface area contributed by atoms with Crippen molar-refractivity contribution in [3.8, 4) is 0 Å². The highest BCUT2D eigenvalue weighted by Gasteiger charge is 2.19. The Labute approximate surface area is 493 Å². The molecule has 79 heavy (non-hydrogen) atoms. The maximum Gasteiger partial charge on any atom is 0.306 e. The van der Waals surface area contributed by atoms with Gasteiger partial charge in [-0.05, 0) is 77.0 Å². The molecular weight excluding hydrogens is 973 g/mol. The lowest BCUT2D eigenvalue weighted by Crippen LogP contribution is -2.30. The molecule has 0 aliphatic carbocycles. The van der Waals surface area contributed by atoms with Crippen LogP contribution >= 0.6 is 0 Å². The van der Waals surface area contributed by atoms with E-state index in [0.29, 0.717) is 19.3 Å². The number of unbranched alkanes of at least 4 members (excludes halogenated alkanes) is 49. The summed E-state index contributed by atoms with van der Waals surface area (Å²) in [5.41, 5.74) is 0. The van der Waals surface area contributed by atoms with Gasteiger partial charge in [-0.1, -0.05) is 333 Å². The van der Waals surface area contributed by atoms with Crippen LogP contribution in [0.1, 0.15) is 393 Å². The van der Waals surface area contributed by atoms with Crippen molar-refractivity contribution in [1.82, 2.24) is 0 Å². The molecule has 0 saturated carbocycles. The molecule has 0 aromatic rings. The number of rotatable bonds is 66. The van der Waals surface area contributed by atoms with Crippen molar-refractivity contribution in [2.24, 2.45) is 0 Å². The number of ether oxygens (including phenoxy) is 3. The summed E-state index contributed by atoms with van der Waals surface area (Å²) in [6.45, 7) is 6.66. The second-order valence-electron chi connectivity index (χ2n) is 24.1. The molecule has 0 aliphatic rings. The first kappa shape index (κ1) is 76.6. The molecule has 0 aromatic heterocycles. The predicted octanol–water partition coefficient (Wildman–Crippen LogP) is 24.3. The van der Waals surface area contributed by atoms with Crippen LogP contribution in [0.25, 0.3) is 0 Å². The van der Waals surface area contributed by atoms with Crippen molar-refractivity contribution in [3.63, 3.8) is 0 Å². The molecule has 0 fully saturated rings. The van der Waals surface area contributed by atoms with E-state index in [4.69, 9.17) is 14.2 Å². The van der Waals surface area contributed by atoms with Crippen molar-refractivity contribution >= 4 is 17.9 Å². The fourth-order valence-electron chi connectivity index (χ4n) is 10.8. The molecule has 0 spiro atoms. The molecule has 0 aromatic carbocycles. The van der Waals surface area contributed by atoms with Crippen molar-refractivity contribution < 1.29 is 28.6 Å². The molecule has 1 unspecified atom stereocenters. The van der Waals surface area contributed by atoms with E-state index in [1.165, 1.54) is 263 Å². The Bertz CT molecular complexity index is 1320. The summed E-state index contributed by atoms with van der Waals surface area (Å²) in [7, 11) is 0. The monoisotopic (exact) mass is 1110 g/mol. The molecule has 6 nitrogen and oxygen atoms in total. The summed E-state index contributed by atoms with van der Waals surface area (Å²) < 4.78 is 16.9. The normalized spacial score (nSPS) is 12.2. The van der Waals surface area contributed by atoms with Crippen molar-refractivity contribution in [2.75, 3.05) is 13.2 Å². The van der Waals surface area contributed by atoms with Gasteiger partial charge < -0.3 is 14.2 Å². The largest absolute Gasteiger partial charge is 0.462 e. The van der Waals surface area contributed by atoms with Gasteiger partial charge in [-0.25, -0.2) is 0 Å². The van der Waals surface area contributed by atoms with Gasteiger partial charge in [0.15, 0.2) is 6.10 Å². The van der Waals surface area contributed by atoms with Gasteiger partial charge in [0, 0.05) is 19.3 Å². The molecule has 1 atom stereocenters. The van der Waals surface area contributed by atoms with Gasteiger partial charge in [-0.15, -0.1) is 0 Å². The van der Waals surface area contributed by atoms with Crippen LogP contribution in [-0.4, -0.2) is 37.2 Å². The Balaban J connectivity index is 4.14. The zero-order valence-corrected chi connectivity index (χ0v) is 53.4. The van der Waals surface area contributed by atoms with Crippen LogP contribution in [0.3, 0.4) is 0 Å². The van der Waals surface area contributed by atoms with Crippen LogP contribution in [0.5, 0.6) is 0 Å². The van der Waals surface area contributed by atoms with E-state index in [9.17, 15) is 14.4 Å². The minimum atomic E-state index is -0.782. The van der Waals surface area contributed by atoms with E-state index < -0.39 is 6.10 Å². The molecule has 0 saturated heterocycles. The SMILES string of the molecule is CCCCCC/C=C\C/C=C\CCCCCCCC(=O)OC(COC(=O)CCCCCCC/C=C\CCCCCCC)COC(=O)CCCCCCCCCCCCCCCCCCCCCCCCCCCCCCCCC. The van der Waals surface area contributed by atoms with Crippen LogP contribution in [0.2, 0.25) is 0 Å². The van der Waals surface area contributed by atoms with E-state index in [2.05, 4.69) is 57.2 Å². The third-order valence-corrected chi connectivity index (χ3v) is 16.1. The quantitative estimate of drug-likeness (QED) is 0.0261. The minimum Gasteiger partial charge on any atom is -0.462 e.